The summed E-state index contributed by atoms with van der Waals surface area (Å²) < 4.78 is 5.90. The van der Waals surface area contributed by atoms with E-state index < -0.39 is 0 Å². The van der Waals surface area contributed by atoms with Gasteiger partial charge in [-0.3, -0.25) is 9.69 Å². The SMILES string of the molecule is CCCCOc1cc(C(C)C)ccc(CN2CCN(c3cccc(C)c3)CC2)c1=O. The normalized spacial score (nSPS) is 14.9. The van der Waals surface area contributed by atoms with E-state index in [9.17, 15) is 4.79 Å². The molecule has 0 unspecified atom stereocenters. The highest BCUT2D eigenvalue weighted by molar-refractivity contribution is 5.48. The molecule has 2 aromatic rings. The summed E-state index contributed by atoms with van der Waals surface area (Å²) >= 11 is 0. The molecule has 0 spiro atoms. The predicted molar refractivity (Wildman–Crippen MR) is 126 cm³/mol. The van der Waals surface area contributed by atoms with Gasteiger partial charge in [-0.05, 0) is 48.6 Å². The van der Waals surface area contributed by atoms with E-state index in [2.05, 4.69) is 67.8 Å². The summed E-state index contributed by atoms with van der Waals surface area (Å²) in [6.07, 6.45) is 2.02. The maximum absolute atomic E-state index is 13.2. The highest BCUT2D eigenvalue weighted by Gasteiger charge is 2.19. The van der Waals surface area contributed by atoms with Crippen molar-refractivity contribution < 1.29 is 4.74 Å². The Morgan fingerprint density at radius 2 is 1.80 bits per heavy atom. The smallest absolute Gasteiger partial charge is 0.224 e. The van der Waals surface area contributed by atoms with E-state index in [4.69, 9.17) is 4.74 Å². The monoisotopic (exact) mass is 408 g/mol. The minimum absolute atomic E-state index is 0.0408. The van der Waals surface area contributed by atoms with Gasteiger partial charge in [-0.2, -0.15) is 0 Å². The molecule has 162 valence electrons. The second-order valence-corrected chi connectivity index (χ2v) is 8.66. The Hall–Kier alpha value is -2.33. The van der Waals surface area contributed by atoms with Gasteiger partial charge in [0.25, 0.3) is 0 Å². The van der Waals surface area contributed by atoms with Gasteiger partial charge < -0.3 is 9.64 Å². The summed E-state index contributed by atoms with van der Waals surface area (Å²) in [5, 5.41) is 0. The molecule has 0 amide bonds. The van der Waals surface area contributed by atoms with Crippen molar-refractivity contribution in [1.29, 1.82) is 0 Å². The molecule has 4 nitrogen and oxygen atoms in total. The molecule has 0 radical (unpaired) electrons. The van der Waals surface area contributed by atoms with E-state index in [0.717, 1.165) is 50.1 Å². The summed E-state index contributed by atoms with van der Waals surface area (Å²) in [6, 6.07) is 14.7. The molecule has 0 aliphatic carbocycles. The quantitative estimate of drug-likeness (QED) is 0.577. The highest BCUT2D eigenvalue weighted by atomic mass is 16.5. The number of unbranched alkanes of at least 4 members (excludes halogenated alkanes) is 1. The van der Waals surface area contributed by atoms with Crippen LogP contribution in [0.5, 0.6) is 5.75 Å². The molecule has 30 heavy (non-hydrogen) atoms. The first kappa shape index (κ1) is 22.4. The molecule has 1 aliphatic heterocycles. The van der Waals surface area contributed by atoms with Crippen LogP contribution in [0.1, 0.15) is 56.2 Å². The van der Waals surface area contributed by atoms with Gasteiger partial charge in [0.05, 0.1) is 6.61 Å². The van der Waals surface area contributed by atoms with Crippen LogP contribution in [-0.2, 0) is 6.54 Å². The Kier molecular flexibility index (Phi) is 7.92. The van der Waals surface area contributed by atoms with Crippen LogP contribution in [0.15, 0.2) is 47.3 Å². The van der Waals surface area contributed by atoms with E-state index in [1.807, 2.05) is 12.1 Å². The zero-order valence-corrected chi connectivity index (χ0v) is 19.0. The van der Waals surface area contributed by atoms with Crippen molar-refractivity contribution in [3.05, 3.63) is 69.4 Å². The first-order valence-corrected chi connectivity index (χ1v) is 11.3. The lowest BCUT2D eigenvalue weighted by Gasteiger charge is -2.36. The third kappa shape index (κ3) is 5.85. The molecule has 1 aliphatic rings. The van der Waals surface area contributed by atoms with E-state index in [-0.39, 0.29) is 5.43 Å². The van der Waals surface area contributed by atoms with Crippen LogP contribution in [0.2, 0.25) is 0 Å². The fourth-order valence-electron chi connectivity index (χ4n) is 3.84. The summed E-state index contributed by atoms with van der Waals surface area (Å²) in [4.78, 5) is 18.0. The second kappa shape index (κ2) is 10.6. The standard InChI is InChI=1S/C26H36N2O2/c1-5-6-16-30-25-18-22(20(2)3)10-11-23(26(25)29)19-27-12-14-28(15-13-27)24-9-7-8-21(4)17-24/h7-11,17-18,20H,5-6,12-16,19H2,1-4H3. The van der Waals surface area contributed by atoms with Crippen LogP contribution in [0.3, 0.4) is 0 Å². The maximum atomic E-state index is 13.2. The van der Waals surface area contributed by atoms with E-state index >= 15 is 0 Å². The first-order chi connectivity index (χ1) is 14.5. The van der Waals surface area contributed by atoms with Gasteiger partial charge in [0.2, 0.25) is 5.43 Å². The van der Waals surface area contributed by atoms with E-state index in [1.54, 1.807) is 0 Å². The van der Waals surface area contributed by atoms with Crippen molar-refractivity contribution in [2.45, 2.75) is 53.0 Å². The molecule has 3 rings (SSSR count). The summed E-state index contributed by atoms with van der Waals surface area (Å²) in [6.45, 7) is 13.7. The van der Waals surface area contributed by atoms with Gasteiger partial charge in [0.15, 0.2) is 5.75 Å². The minimum Gasteiger partial charge on any atom is -0.489 e. The lowest BCUT2D eigenvalue weighted by atomic mass is 10.1. The number of benzene rings is 1. The number of hydrogen-bond acceptors (Lipinski definition) is 4. The number of piperazine rings is 1. The van der Waals surface area contributed by atoms with Crippen molar-refractivity contribution in [3.63, 3.8) is 0 Å². The van der Waals surface area contributed by atoms with Crippen LogP contribution >= 0.6 is 0 Å². The molecule has 0 bridgehead atoms. The Morgan fingerprint density at radius 3 is 2.47 bits per heavy atom. The molecule has 0 saturated carbocycles. The summed E-state index contributed by atoms with van der Waals surface area (Å²) in [7, 11) is 0. The molecule has 1 heterocycles. The molecule has 1 saturated heterocycles. The Bertz CT molecular complexity index is 886. The van der Waals surface area contributed by atoms with Crippen LogP contribution in [0.25, 0.3) is 0 Å². The largest absolute Gasteiger partial charge is 0.489 e. The number of anilines is 1. The molecule has 2 aromatic carbocycles. The molecule has 0 N–H and O–H groups in total. The number of hydrogen-bond donors (Lipinski definition) is 0. The Balaban J connectivity index is 1.72. The zero-order chi connectivity index (χ0) is 21.5. The third-order valence-corrected chi connectivity index (χ3v) is 5.85. The van der Waals surface area contributed by atoms with Crippen molar-refractivity contribution in [1.82, 2.24) is 4.90 Å². The lowest BCUT2D eigenvalue weighted by molar-refractivity contribution is 0.248. The van der Waals surface area contributed by atoms with Gasteiger partial charge in [-0.25, -0.2) is 0 Å². The molecule has 0 aromatic heterocycles. The zero-order valence-electron chi connectivity index (χ0n) is 19.0. The fraction of sp³-hybridized carbons (Fsp3) is 0.500. The summed E-state index contributed by atoms with van der Waals surface area (Å²) in [5.74, 6) is 0.863. The van der Waals surface area contributed by atoms with Crippen molar-refractivity contribution in [2.24, 2.45) is 0 Å². The average molecular weight is 409 g/mol. The van der Waals surface area contributed by atoms with Gasteiger partial charge >= 0.3 is 0 Å². The maximum Gasteiger partial charge on any atom is 0.224 e. The third-order valence-electron chi connectivity index (χ3n) is 5.85. The highest BCUT2D eigenvalue weighted by Crippen LogP contribution is 2.20. The Morgan fingerprint density at radius 1 is 1.03 bits per heavy atom. The topological polar surface area (TPSA) is 32.8 Å². The molecular formula is C26H36N2O2. The minimum atomic E-state index is 0.0408. The molecule has 4 heteroatoms. The fourth-order valence-corrected chi connectivity index (χ4v) is 3.84. The van der Waals surface area contributed by atoms with Gasteiger partial charge in [-0.15, -0.1) is 0 Å². The number of ether oxygens (including phenoxy) is 1. The van der Waals surface area contributed by atoms with Crippen LogP contribution in [0, 0.1) is 6.92 Å². The molecular weight excluding hydrogens is 372 g/mol. The van der Waals surface area contributed by atoms with Crippen molar-refractivity contribution >= 4 is 5.69 Å². The average Bonchev–Trinajstić information content (AvgIpc) is 2.89. The van der Waals surface area contributed by atoms with Gasteiger partial charge in [0.1, 0.15) is 0 Å². The first-order valence-electron chi connectivity index (χ1n) is 11.3. The summed E-state index contributed by atoms with van der Waals surface area (Å²) in [5.41, 5.74) is 4.60. The van der Waals surface area contributed by atoms with Crippen LogP contribution < -0.4 is 15.1 Å². The Labute approximate surface area is 181 Å². The number of nitrogens with zero attached hydrogens (tertiary/aromatic N) is 2. The van der Waals surface area contributed by atoms with E-state index in [1.165, 1.54) is 11.3 Å². The van der Waals surface area contributed by atoms with Crippen molar-refractivity contribution in [3.8, 4) is 5.75 Å². The van der Waals surface area contributed by atoms with Gasteiger partial charge in [0, 0.05) is 44.0 Å². The lowest BCUT2D eigenvalue weighted by Crippen LogP contribution is -2.46. The van der Waals surface area contributed by atoms with Crippen LogP contribution in [-0.4, -0.2) is 37.7 Å². The van der Waals surface area contributed by atoms with Crippen molar-refractivity contribution in [2.75, 3.05) is 37.7 Å². The van der Waals surface area contributed by atoms with E-state index in [0.29, 0.717) is 24.8 Å². The molecule has 1 fully saturated rings. The molecule has 0 atom stereocenters. The van der Waals surface area contributed by atoms with Gasteiger partial charge in [-0.1, -0.05) is 51.5 Å². The predicted octanol–water partition coefficient (Wildman–Crippen LogP) is 4.98. The number of aryl methyl sites for hydroxylation is 1. The van der Waals surface area contributed by atoms with Crippen LogP contribution in [0.4, 0.5) is 5.69 Å². The second-order valence-electron chi connectivity index (χ2n) is 8.66. The number of rotatable bonds is 8.